The van der Waals surface area contributed by atoms with Gasteiger partial charge in [-0.15, -0.1) is 0 Å². The lowest BCUT2D eigenvalue weighted by molar-refractivity contribution is -0.141. The topological polar surface area (TPSA) is 68.3 Å². The molecule has 1 aromatic heterocycles. The highest BCUT2D eigenvalue weighted by atomic mass is 32.2. The average molecular weight is 296 g/mol. The van der Waals surface area contributed by atoms with Crippen molar-refractivity contribution in [2.24, 2.45) is 0 Å². The Bertz CT molecular complexity index is 582. The summed E-state index contributed by atoms with van der Waals surface area (Å²) in [5.41, 5.74) is -1.20. The maximum absolute atomic E-state index is 12.6. The van der Waals surface area contributed by atoms with Gasteiger partial charge in [0.25, 0.3) is 0 Å². The van der Waals surface area contributed by atoms with E-state index >= 15 is 0 Å². The predicted molar refractivity (Wildman–Crippen MR) is 61.4 cm³/mol. The molecule has 2 rings (SSSR count). The maximum atomic E-state index is 12.6. The van der Waals surface area contributed by atoms with Crippen molar-refractivity contribution >= 4 is 15.8 Å². The molecule has 9 heteroatoms. The van der Waals surface area contributed by atoms with Gasteiger partial charge in [-0.3, -0.25) is 4.72 Å². The van der Waals surface area contributed by atoms with E-state index < -0.39 is 27.7 Å². The average Bonchev–Trinajstić information content (AvgIpc) is 2.96. The van der Waals surface area contributed by atoms with Crippen molar-refractivity contribution in [2.45, 2.75) is 25.1 Å². The second-order valence-electron chi connectivity index (χ2n) is 4.26. The smallest absolute Gasteiger partial charge is 0.433 e. The first-order valence-electron chi connectivity index (χ1n) is 5.37. The first kappa shape index (κ1) is 13.9. The van der Waals surface area contributed by atoms with Crippen LogP contribution >= 0.6 is 0 Å². The summed E-state index contributed by atoms with van der Waals surface area (Å²) in [6, 6.07) is 1.89. The molecule has 0 bridgehead atoms. The molecule has 1 aliphatic carbocycles. The van der Waals surface area contributed by atoms with E-state index in [1.54, 1.807) is 0 Å². The number of hydrogen-bond acceptors (Lipinski definition) is 4. The second-order valence-corrected chi connectivity index (χ2v) is 6.01. The molecule has 5 nitrogen and oxygen atoms in total. The first-order chi connectivity index (χ1) is 8.63. The molecule has 0 saturated heterocycles. The van der Waals surface area contributed by atoms with Gasteiger partial charge in [0.1, 0.15) is 11.6 Å². The number of ether oxygens (including phenoxy) is 1. The van der Waals surface area contributed by atoms with E-state index in [2.05, 4.69) is 4.98 Å². The third-order valence-electron chi connectivity index (χ3n) is 2.21. The zero-order valence-corrected chi connectivity index (χ0v) is 10.7. The fraction of sp³-hybridized carbons (Fsp3) is 0.500. The van der Waals surface area contributed by atoms with Gasteiger partial charge in [-0.2, -0.15) is 13.2 Å². The Hall–Kier alpha value is -1.51. The summed E-state index contributed by atoms with van der Waals surface area (Å²) in [4.78, 5) is 3.22. The molecule has 1 heterocycles. The van der Waals surface area contributed by atoms with Crippen LogP contribution in [0.15, 0.2) is 12.1 Å². The van der Waals surface area contributed by atoms with Crippen molar-refractivity contribution in [3.63, 3.8) is 0 Å². The van der Waals surface area contributed by atoms with E-state index in [-0.39, 0.29) is 11.9 Å². The summed E-state index contributed by atoms with van der Waals surface area (Å²) < 4.78 is 67.1. The van der Waals surface area contributed by atoms with Crippen molar-refractivity contribution < 1.29 is 26.3 Å². The number of halogens is 3. The summed E-state index contributed by atoms with van der Waals surface area (Å²) in [5.74, 6) is -0.455. The van der Waals surface area contributed by atoms with Crippen LogP contribution in [-0.4, -0.2) is 25.8 Å². The summed E-state index contributed by atoms with van der Waals surface area (Å²) in [7, 11) is -3.70. The molecule has 1 saturated carbocycles. The van der Waals surface area contributed by atoms with Crippen molar-refractivity contribution in [1.29, 1.82) is 0 Å². The number of rotatable bonds is 4. The lowest BCUT2D eigenvalue weighted by Crippen LogP contribution is -2.15. The van der Waals surface area contributed by atoms with E-state index in [0.717, 1.165) is 31.2 Å². The zero-order chi connectivity index (χ0) is 14.3. The van der Waals surface area contributed by atoms with E-state index in [1.165, 1.54) is 0 Å². The van der Waals surface area contributed by atoms with Gasteiger partial charge < -0.3 is 4.74 Å². The van der Waals surface area contributed by atoms with Crippen LogP contribution in [0, 0.1) is 0 Å². The molecule has 0 amide bonds. The van der Waals surface area contributed by atoms with E-state index in [1.807, 2.05) is 4.72 Å². The Morgan fingerprint density at radius 1 is 1.37 bits per heavy atom. The third-order valence-corrected chi connectivity index (χ3v) is 2.79. The predicted octanol–water partition coefficient (Wildman–Crippen LogP) is 2.01. The van der Waals surface area contributed by atoms with Gasteiger partial charge >= 0.3 is 6.18 Å². The molecular weight excluding hydrogens is 285 g/mol. The number of anilines is 1. The van der Waals surface area contributed by atoms with Crippen molar-refractivity contribution in [2.75, 3.05) is 11.0 Å². The summed E-state index contributed by atoms with van der Waals surface area (Å²) in [5, 5.41) is 0. The summed E-state index contributed by atoms with van der Waals surface area (Å²) in [6.07, 6.45) is -2.39. The van der Waals surface area contributed by atoms with Gasteiger partial charge in [-0.25, -0.2) is 13.4 Å². The largest absolute Gasteiger partial charge is 0.490 e. The second kappa shape index (κ2) is 4.55. The Morgan fingerprint density at radius 2 is 2.00 bits per heavy atom. The van der Waals surface area contributed by atoms with Crippen LogP contribution in [0.3, 0.4) is 0 Å². The maximum Gasteiger partial charge on any atom is 0.433 e. The van der Waals surface area contributed by atoms with Crippen LogP contribution in [0.4, 0.5) is 19.0 Å². The number of aromatic nitrogens is 1. The minimum atomic E-state index is -4.67. The normalized spacial score (nSPS) is 16.2. The van der Waals surface area contributed by atoms with Gasteiger partial charge in [0.2, 0.25) is 10.0 Å². The van der Waals surface area contributed by atoms with Crippen LogP contribution in [0.25, 0.3) is 0 Å². The van der Waals surface area contributed by atoms with Gasteiger partial charge in [-0.1, -0.05) is 0 Å². The number of sulfonamides is 1. The zero-order valence-electron chi connectivity index (χ0n) is 9.86. The Balaban J connectivity index is 2.35. The highest BCUT2D eigenvalue weighted by Gasteiger charge is 2.34. The monoisotopic (exact) mass is 296 g/mol. The fourth-order valence-corrected chi connectivity index (χ4v) is 1.82. The van der Waals surface area contributed by atoms with Crippen molar-refractivity contribution in [3.05, 3.63) is 17.8 Å². The van der Waals surface area contributed by atoms with E-state index in [4.69, 9.17) is 4.74 Å². The van der Waals surface area contributed by atoms with Gasteiger partial charge in [0, 0.05) is 12.1 Å². The van der Waals surface area contributed by atoms with Crippen LogP contribution < -0.4 is 9.46 Å². The molecule has 1 fully saturated rings. The number of hydrogen-bond donors (Lipinski definition) is 1. The molecule has 106 valence electrons. The molecule has 0 unspecified atom stereocenters. The van der Waals surface area contributed by atoms with Crippen molar-refractivity contribution in [1.82, 2.24) is 4.98 Å². The minimum absolute atomic E-state index is 0.0454. The third kappa shape index (κ3) is 4.27. The molecule has 0 atom stereocenters. The molecular formula is C10H11F3N2O3S. The van der Waals surface area contributed by atoms with Crippen LogP contribution in [-0.2, 0) is 16.2 Å². The van der Waals surface area contributed by atoms with Crippen LogP contribution in [0.5, 0.6) is 5.75 Å². The number of nitrogens with one attached hydrogen (secondary N) is 1. The Morgan fingerprint density at radius 3 is 2.47 bits per heavy atom. The quantitative estimate of drug-likeness (QED) is 0.923. The van der Waals surface area contributed by atoms with Crippen LogP contribution in [0.2, 0.25) is 0 Å². The van der Waals surface area contributed by atoms with Gasteiger partial charge in [-0.05, 0) is 12.8 Å². The lowest BCUT2D eigenvalue weighted by atomic mass is 10.3. The van der Waals surface area contributed by atoms with Gasteiger partial charge in [0.15, 0.2) is 5.69 Å². The molecule has 1 N–H and O–H groups in total. The summed E-state index contributed by atoms with van der Waals surface area (Å²) >= 11 is 0. The minimum Gasteiger partial charge on any atom is -0.490 e. The highest BCUT2D eigenvalue weighted by Crippen LogP contribution is 2.34. The summed E-state index contributed by atoms with van der Waals surface area (Å²) in [6.45, 7) is 0. The molecule has 0 aliphatic heterocycles. The van der Waals surface area contributed by atoms with E-state index in [9.17, 15) is 21.6 Å². The highest BCUT2D eigenvalue weighted by molar-refractivity contribution is 7.92. The SMILES string of the molecule is CS(=O)(=O)Nc1cc(OC2CC2)cc(C(F)(F)F)n1. The molecule has 1 aliphatic rings. The molecule has 19 heavy (non-hydrogen) atoms. The number of alkyl halides is 3. The first-order valence-corrected chi connectivity index (χ1v) is 7.26. The van der Waals surface area contributed by atoms with Gasteiger partial charge in [0.05, 0.1) is 12.4 Å². The lowest BCUT2D eigenvalue weighted by Gasteiger charge is -2.12. The molecule has 0 spiro atoms. The molecule has 0 radical (unpaired) electrons. The fourth-order valence-electron chi connectivity index (χ4n) is 1.34. The molecule has 0 aromatic carbocycles. The Labute approximate surface area is 107 Å². The standard InChI is InChI=1S/C10H11F3N2O3S/c1-19(16,17)15-9-5-7(18-6-2-3-6)4-8(14-9)10(11,12)13/h4-6H,2-3H2,1H3,(H,14,15). The number of nitrogens with zero attached hydrogens (tertiary/aromatic N) is 1. The van der Waals surface area contributed by atoms with Crippen molar-refractivity contribution in [3.8, 4) is 5.75 Å². The van der Waals surface area contributed by atoms with Crippen LogP contribution in [0.1, 0.15) is 18.5 Å². The van der Waals surface area contributed by atoms with E-state index in [0.29, 0.717) is 0 Å². The Kier molecular flexibility index (Phi) is 3.33. The number of pyridine rings is 1. The molecule has 1 aromatic rings.